The molecule has 176 valence electrons. The van der Waals surface area contributed by atoms with Crippen molar-refractivity contribution >= 4 is 0 Å². The van der Waals surface area contributed by atoms with Crippen LogP contribution in [-0.2, 0) is 0 Å². The van der Waals surface area contributed by atoms with Crippen molar-refractivity contribution in [3.8, 4) is 0 Å². The van der Waals surface area contributed by atoms with Crippen molar-refractivity contribution in [2.24, 2.45) is 57.4 Å². The standard InChI is InChI=1S/C27H47N3O/c1-17(2)7-6-8-18(3)21-11-12-22-20-10-9-19-15-25(31)24(29-30-28)16-27(19,5)23(20)13-14-26(21,22)4/h17-25,31H,6-16H2,1-5H3/t18-,19?,20+,21-,22+,23+,24?,25?,26-,27+/m1/s1. The summed E-state index contributed by atoms with van der Waals surface area (Å²) in [7, 11) is 0. The van der Waals surface area contributed by atoms with Crippen LogP contribution in [0.25, 0.3) is 10.4 Å². The zero-order valence-electron chi connectivity index (χ0n) is 20.8. The molecule has 0 spiro atoms. The van der Waals surface area contributed by atoms with Gasteiger partial charge < -0.3 is 5.11 Å². The van der Waals surface area contributed by atoms with Gasteiger partial charge in [0.2, 0.25) is 0 Å². The highest BCUT2D eigenvalue weighted by Crippen LogP contribution is 2.68. The molecule has 10 atom stereocenters. The van der Waals surface area contributed by atoms with Gasteiger partial charge in [-0.25, -0.2) is 0 Å². The monoisotopic (exact) mass is 429 g/mol. The highest BCUT2D eigenvalue weighted by molar-refractivity contribution is 5.11. The number of nitrogens with zero attached hydrogens (tertiary/aromatic N) is 3. The van der Waals surface area contributed by atoms with E-state index < -0.39 is 6.10 Å². The van der Waals surface area contributed by atoms with E-state index in [9.17, 15) is 5.11 Å². The van der Waals surface area contributed by atoms with Crippen molar-refractivity contribution in [1.29, 1.82) is 0 Å². The summed E-state index contributed by atoms with van der Waals surface area (Å²) >= 11 is 0. The molecule has 4 rings (SSSR count). The van der Waals surface area contributed by atoms with Crippen molar-refractivity contribution < 1.29 is 5.11 Å². The van der Waals surface area contributed by atoms with Crippen LogP contribution < -0.4 is 0 Å². The highest BCUT2D eigenvalue weighted by atomic mass is 16.3. The van der Waals surface area contributed by atoms with Gasteiger partial charge in [-0.1, -0.05) is 59.0 Å². The van der Waals surface area contributed by atoms with Crippen LogP contribution in [0.3, 0.4) is 0 Å². The normalized spacial score (nSPS) is 47.8. The van der Waals surface area contributed by atoms with Gasteiger partial charge in [0.1, 0.15) is 0 Å². The van der Waals surface area contributed by atoms with E-state index in [1.807, 2.05) is 0 Å². The van der Waals surface area contributed by atoms with Crippen LogP contribution >= 0.6 is 0 Å². The molecule has 0 bridgehead atoms. The van der Waals surface area contributed by atoms with Crippen molar-refractivity contribution in [1.82, 2.24) is 0 Å². The molecule has 0 aromatic carbocycles. The number of fused-ring (bicyclic) bond motifs is 5. The second kappa shape index (κ2) is 8.90. The lowest BCUT2D eigenvalue weighted by molar-refractivity contribution is -0.133. The Morgan fingerprint density at radius 2 is 1.74 bits per heavy atom. The number of aliphatic hydroxyl groups excluding tert-OH is 1. The molecule has 4 saturated carbocycles. The van der Waals surface area contributed by atoms with Crippen LogP contribution in [0, 0.1) is 52.3 Å². The Morgan fingerprint density at radius 1 is 1.00 bits per heavy atom. The maximum absolute atomic E-state index is 10.6. The minimum absolute atomic E-state index is 0.226. The predicted octanol–water partition coefficient (Wildman–Crippen LogP) is 7.76. The van der Waals surface area contributed by atoms with E-state index in [4.69, 9.17) is 5.53 Å². The van der Waals surface area contributed by atoms with Crippen LogP contribution in [0.2, 0.25) is 0 Å². The Hall–Kier alpha value is -0.730. The van der Waals surface area contributed by atoms with Crippen molar-refractivity contribution in [2.45, 2.75) is 117 Å². The summed E-state index contributed by atoms with van der Waals surface area (Å²) < 4.78 is 0. The molecule has 0 aromatic heterocycles. The largest absolute Gasteiger partial charge is 0.393 e. The Labute approximate surface area is 190 Å². The van der Waals surface area contributed by atoms with E-state index in [1.165, 1.54) is 57.8 Å². The Balaban J connectivity index is 1.49. The van der Waals surface area contributed by atoms with Gasteiger partial charge in [-0.05, 0) is 109 Å². The summed E-state index contributed by atoms with van der Waals surface area (Å²) in [5.74, 6) is 5.67. The van der Waals surface area contributed by atoms with E-state index in [0.29, 0.717) is 11.3 Å². The highest BCUT2D eigenvalue weighted by Gasteiger charge is 2.61. The quantitative estimate of drug-likeness (QED) is 0.261. The molecule has 0 aliphatic heterocycles. The lowest BCUT2D eigenvalue weighted by Crippen LogP contribution is -2.56. The van der Waals surface area contributed by atoms with Crippen LogP contribution in [0.15, 0.2) is 5.11 Å². The Bertz CT molecular complexity index is 688. The first-order valence-electron chi connectivity index (χ1n) is 13.4. The summed E-state index contributed by atoms with van der Waals surface area (Å²) in [6.45, 7) is 12.4. The number of rotatable bonds is 6. The predicted molar refractivity (Wildman–Crippen MR) is 127 cm³/mol. The Morgan fingerprint density at radius 3 is 2.45 bits per heavy atom. The molecule has 31 heavy (non-hydrogen) atoms. The SMILES string of the molecule is CC(C)CCC[C@@H](C)[C@H]1CC[C@H]2[C@@H]3CCC4CC(O)C(N=[N+]=[N-])C[C@]4(C)[C@H]3CC[C@]12C. The smallest absolute Gasteiger partial charge is 0.0639 e. The maximum Gasteiger partial charge on any atom is 0.0639 e. The maximum atomic E-state index is 10.6. The molecule has 0 heterocycles. The molecule has 0 saturated heterocycles. The second-order valence-corrected chi connectivity index (χ2v) is 13.0. The molecule has 0 radical (unpaired) electrons. The minimum Gasteiger partial charge on any atom is -0.393 e. The van der Waals surface area contributed by atoms with Gasteiger partial charge in [-0.3, -0.25) is 0 Å². The average Bonchev–Trinajstić information content (AvgIpc) is 3.06. The third-order valence-electron chi connectivity index (χ3n) is 11.1. The number of hydrogen-bond acceptors (Lipinski definition) is 2. The van der Waals surface area contributed by atoms with Crippen molar-refractivity contribution in [2.75, 3.05) is 0 Å². The van der Waals surface area contributed by atoms with Gasteiger partial charge in [0.05, 0.1) is 12.1 Å². The van der Waals surface area contributed by atoms with E-state index in [1.54, 1.807) is 0 Å². The first kappa shape index (κ1) is 23.4. The summed E-state index contributed by atoms with van der Waals surface area (Å²) in [5.41, 5.74) is 9.79. The molecule has 4 aliphatic rings. The second-order valence-electron chi connectivity index (χ2n) is 13.0. The summed E-state index contributed by atoms with van der Waals surface area (Å²) in [4.78, 5) is 3.08. The zero-order chi connectivity index (χ0) is 22.4. The first-order valence-corrected chi connectivity index (χ1v) is 13.4. The molecule has 4 nitrogen and oxygen atoms in total. The molecule has 4 heteroatoms. The fourth-order valence-corrected chi connectivity index (χ4v) is 9.48. The molecule has 0 amide bonds. The van der Waals surface area contributed by atoms with Gasteiger partial charge in [-0.2, -0.15) is 0 Å². The molecular formula is C27H47N3O. The van der Waals surface area contributed by atoms with Crippen molar-refractivity contribution in [3.05, 3.63) is 10.4 Å². The van der Waals surface area contributed by atoms with Crippen LogP contribution in [-0.4, -0.2) is 17.3 Å². The summed E-state index contributed by atoms with van der Waals surface area (Å²) in [6.07, 6.45) is 13.7. The zero-order valence-corrected chi connectivity index (χ0v) is 20.8. The lowest BCUT2D eigenvalue weighted by Gasteiger charge is -2.62. The minimum atomic E-state index is -0.443. The van der Waals surface area contributed by atoms with Crippen LogP contribution in [0.1, 0.15) is 105 Å². The summed E-state index contributed by atoms with van der Waals surface area (Å²) in [6, 6.07) is -0.226. The summed E-state index contributed by atoms with van der Waals surface area (Å²) in [5, 5.41) is 14.6. The number of aliphatic hydroxyl groups is 1. The number of azide groups is 1. The number of hydrogen-bond donors (Lipinski definition) is 1. The lowest BCUT2D eigenvalue weighted by atomic mass is 9.44. The molecule has 1 N–H and O–H groups in total. The molecular weight excluding hydrogens is 382 g/mol. The van der Waals surface area contributed by atoms with E-state index >= 15 is 0 Å². The van der Waals surface area contributed by atoms with E-state index in [2.05, 4.69) is 44.6 Å². The molecule has 4 aliphatic carbocycles. The van der Waals surface area contributed by atoms with Gasteiger partial charge >= 0.3 is 0 Å². The molecule has 0 aromatic rings. The van der Waals surface area contributed by atoms with E-state index in [-0.39, 0.29) is 11.5 Å². The fraction of sp³-hybridized carbons (Fsp3) is 1.00. The third kappa shape index (κ3) is 4.05. The van der Waals surface area contributed by atoms with Crippen LogP contribution in [0.4, 0.5) is 0 Å². The molecule has 3 unspecified atom stereocenters. The Kier molecular flexibility index (Phi) is 6.73. The average molecular weight is 430 g/mol. The first-order chi connectivity index (χ1) is 14.7. The van der Waals surface area contributed by atoms with Gasteiger partial charge in [-0.15, -0.1) is 0 Å². The van der Waals surface area contributed by atoms with Crippen molar-refractivity contribution in [3.63, 3.8) is 0 Å². The van der Waals surface area contributed by atoms with Gasteiger partial charge in [0.15, 0.2) is 0 Å². The van der Waals surface area contributed by atoms with Gasteiger partial charge in [0, 0.05) is 4.91 Å². The van der Waals surface area contributed by atoms with Crippen LogP contribution in [0.5, 0.6) is 0 Å². The van der Waals surface area contributed by atoms with Gasteiger partial charge in [0.25, 0.3) is 0 Å². The topological polar surface area (TPSA) is 69.0 Å². The third-order valence-corrected chi connectivity index (χ3v) is 11.1. The fourth-order valence-electron chi connectivity index (χ4n) is 9.48. The molecule has 4 fully saturated rings. The van der Waals surface area contributed by atoms with E-state index in [0.717, 1.165) is 48.3 Å².